The lowest BCUT2D eigenvalue weighted by Gasteiger charge is -2.19. The number of carbonyl (C=O) groups is 1. The van der Waals surface area contributed by atoms with Crippen molar-refractivity contribution >= 4 is 19.9 Å². The number of alkyl carbamates (subject to hydrolysis) is 1. The number of nitrogens with one attached hydrogen (secondary N) is 1. The van der Waals surface area contributed by atoms with E-state index in [4.69, 9.17) is 14.2 Å². The van der Waals surface area contributed by atoms with E-state index in [-0.39, 0.29) is 30.6 Å². The molecular weight excluding hydrogens is 396 g/mol. The van der Waals surface area contributed by atoms with Crippen molar-refractivity contribution in [1.29, 1.82) is 0 Å². The van der Waals surface area contributed by atoms with Gasteiger partial charge in [0.15, 0.2) is 0 Å². The van der Waals surface area contributed by atoms with Crippen LogP contribution < -0.4 is 10.1 Å². The highest BCUT2D eigenvalue weighted by molar-refractivity contribution is 6.76. The number of nitrogens with zero attached hydrogens (tertiary/aromatic N) is 3. The normalized spacial score (nSPS) is 12.0. The summed E-state index contributed by atoms with van der Waals surface area (Å²) in [7, 11) is -1.23. The molecule has 1 heterocycles. The highest BCUT2D eigenvalue weighted by Gasteiger charge is 2.27. The van der Waals surface area contributed by atoms with Crippen molar-refractivity contribution in [1.82, 2.24) is 15.1 Å². The Morgan fingerprint density at radius 3 is 2.48 bits per heavy atom. The van der Waals surface area contributed by atoms with Crippen LogP contribution in [0.5, 0.6) is 5.88 Å². The average molecular weight is 431 g/mol. The van der Waals surface area contributed by atoms with Gasteiger partial charge in [0.2, 0.25) is 0 Å². The predicted molar refractivity (Wildman–Crippen MR) is 112 cm³/mol. The monoisotopic (exact) mass is 430 g/mol. The molecule has 1 rings (SSSR count). The summed E-state index contributed by atoms with van der Waals surface area (Å²) in [6.45, 7) is 14.8. The smallest absolute Gasteiger partial charge is 0.407 e. The maximum Gasteiger partial charge on any atom is 0.407 e. The summed E-state index contributed by atoms with van der Waals surface area (Å²) >= 11 is 0. The lowest BCUT2D eigenvalue weighted by Crippen LogP contribution is -2.33. The molecule has 0 unspecified atom stereocenters. The Kier molecular flexibility index (Phi) is 9.08. The number of aryl methyl sites for hydroxylation is 1. The van der Waals surface area contributed by atoms with Crippen LogP contribution in [0.15, 0.2) is 0 Å². The molecule has 29 heavy (non-hydrogen) atoms. The van der Waals surface area contributed by atoms with E-state index in [1.54, 1.807) is 27.7 Å². The Morgan fingerprint density at radius 2 is 1.93 bits per heavy atom. The van der Waals surface area contributed by atoms with Crippen molar-refractivity contribution in [3.05, 3.63) is 15.8 Å². The van der Waals surface area contributed by atoms with E-state index in [1.165, 1.54) is 4.68 Å². The molecule has 0 spiro atoms. The van der Waals surface area contributed by atoms with E-state index >= 15 is 0 Å². The second-order valence-electron chi connectivity index (χ2n) is 8.97. The molecule has 0 aliphatic heterocycles. The van der Waals surface area contributed by atoms with Gasteiger partial charge in [-0.1, -0.05) is 19.6 Å². The average Bonchev–Trinajstić information content (AvgIpc) is 2.84. The summed E-state index contributed by atoms with van der Waals surface area (Å²) in [5, 5.41) is 18.2. The topological polar surface area (TPSA) is 118 Å². The SMILES string of the molecule is Cc1nn(COCC[Si](C)(C)C)c(OCCCNC(=O)OC(C)(C)C)c1[N+](=O)[O-]. The Morgan fingerprint density at radius 1 is 1.28 bits per heavy atom. The molecule has 0 fully saturated rings. The number of carbonyl (C=O) groups excluding carboxylic acids is 1. The molecule has 0 saturated heterocycles. The molecule has 10 nitrogen and oxygen atoms in total. The Bertz CT molecular complexity index is 694. The molecule has 0 aliphatic carbocycles. The number of rotatable bonds is 11. The predicted octanol–water partition coefficient (Wildman–Crippen LogP) is 3.71. The molecule has 0 aliphatic rings. The van der Waals surface area contributed by atoms with Crippen LogP contribution >= 0.6 is 0 Å². The van der Waals surface area contributed by atoms with Gasteiger partial charge >= 0.3 is 11.8 Å². The van der Waals surface area contributed by atoms with Gasteiger partial charge in [0.1, 0.15) is 18.0 Å². The molecule has 1 aromatic heterocycles. The van der Waals surface area contributed by atoms with Gasteiger partial charge in [-0.3, -0.25) is 10.1 Å². The molecule has 166 valence electrons. The van der Waals surface area contributed by atoms with Crippen LogP contribution in [0.3, 0.4) is 0 Å². The van der Waals surface area contributed by atoms with E-state index in [2.05, 4.69) is 30.1 Å². The fourth-order valence-corrected chi connectivity index (χ4v) is 3.02. The van der Waals surface area contributed by atoms with Gasteiger partial charge in [0.05, 0.1) is 11.5 Å². The summed E-state index contributed by atoms with van der Waals surface area (Å²) in [6, 6.07) is 0.988. The zero-order chi connectivity index (χ0) is 22.2. The highest BCUT2D eigenvalue weighted by Crippen LogP contribution is 2.30. The number of hydrogen-bond acceptors (Lipinski definition) is 7. The van der Waals surface area contributed by atoms with Crippen molar-refractivity contribution < 1.29 is 23.9 Å². The van der Waals surface area contributed by atoms with Gasteiger partial charge in [0, 0.05) is 21.2 Å². The number of hydrogen-bond donors (Lipinski definition) is 1. The van der Waals surface area contributed by atoms with Crippen LogP contribution in [-0.4, -0.2) is 54.2 Å². The molecule has 0 radical (unpaired) electrons. The van der Waals surface area contributed by atoms with Crippen molar-refractivity contribution in [2.24, 2.45) is 0 Å². The number of aromatic nitrogens is 2. The molecule has 0 atom stereocenters. The van der Waals surface area contributed by atoms with Crippen molar-refractivity contribution in [2.75, 3.05) is 19.8 Å². The zero-order valence-electron chi connectivity index (χ0n) is 18.5. The summed E-state index contributed by atoms with van der Waals surface area (Å²) < 4.78 is 17.8. The molecule has 1 N–H and O–H groups in total. The van der Waals surface area contributed by atoms with Crippen LogP contribution in [0.4, 0.5) is 10.5 Å². The number of ether oxygens (including phenoxy) is 3. The first-order chi connectivity index (χ1) is 13.3. The van der Waals surface area contributed by atoms with Crippen molar-refractivity contribution in [3.63, 3.8) is 0 Å². The number of amides is 1. The quantitative estimate of drug-likeness (QED) is 0.246. The Balaban J connectivity index is 2.59. The van der Waals surface area contributed by atoms with Crippen molar-refractivity contribution in [3.8, 4) is 5.88 Å². The van der Waals surface area contributed by atoms with E-state index in [1.807, 2.05) is 0 Å². The minimum absolute atomic E-state index is 0.0674. The van der Waals surface area contributed by atoms with Crippen LogP contribution in [0.25, 0.3) is 0 Å². The van der Waals surface area contributed by atoms with E-state index in [0.717, 1.165) is 6.04 Å². The standard InChI is InChI=1S/C18H34N4O6Si/c1-14-15(22(24)25)16(21(20-14)13-26-11-12-29(5,6)7)27-10-8-9-19-17(23)28-18(2,3)4/h8-13H2,1-7H3,(H,19,23). The third kappa shape index (κ3) is 9.75. The van der Waals surface area contributed by atoms with Crippen LogP contribution in [0.2, 0.25) is 25.7 Å². The highest BCUT2D eigenvalue weighted by atomic mass is 28.3. The minimum Gasteiger partial charge on any atom is -0.473 e. The zero-order valence-corrected chi connectivity index (χ0v) is 19.5. The molecule has 0 aromatic carbocycles. The van der Waals surface area contributed by atoms with Gasteiger partial charge in [-0.15, -0.1) is 0 Å². The van der Waals surface area contributed by atoms with Gasteiger partial charge in [-0.25, -0.2) is 9.48 Å². The Hall–Kier alpha value is -2.14. The lowest BCUT2D eigenvalue weighted by atomic mass is 10.2. The largest absolute Gasteiger partial charge is 0.473 e. The first kappa shape index (κ1) is 24.9. The van der Waals surface area contributed by atoms with E-state index in [0.29, 0.717) is 19.6 Å². The maximum absolute atomic E-state index is 11.6. The van der Waals surface area contributed by atoms with E-state index in [9.17, 15) is 14.9 Å². The van der Waals surface area contributed by atoms with Gasteiger partial charge in [0.25, 0.3) is 5.88 Å². The summed E-state index contributed by atoms with van der Waals surface area (Å²) in [5.74, 6) is 0.0674. The van der Waals surface area contributed by atoms with Gasteiger partial charge < -0.3 is 19.5 Å². The molecule has 0 bridgehead atoms. The molecule has 11 heteroatoms. The first-order valence-corrected chi connectivity index (χ1v) is 13.4. The van der Waals surface area contributed by atoms with E-state index < -0.39 is 24.7 Å². The second kappa shape index (κ2) is 10.6. The van der Waals surface area contributed by atoms with Gasteiger partial charge in [-0.2, -0.15) is 5.10 Å². The minimum atomic E-state index is -1.23. The van der Waals surface area contributed by atoms with Crippen molar-refractivity contribution in [2.45, 2.75) is 72.1 Å². The summed E-state index contributed by atoms with van der Waals surface area (Å²) in [5.41, 5.74) is -0.467. The molecule has 0 saturated carbocycles. The van der Waals surface area contributed by atoms with Crippen LogP contribution in [0.1, 0.15) is 32.9 Å². The summed E-state index contributed by atoms with van der Waals surface area (Å²) in [6.07, 6.45) is -0.0583. The van der Waals surface area contributed by atoms with Gasteiger partial charge in [-0.05, 0) is 40.2 Å². The number of nitro groups is 1. The molecule has 1 aromatic rings. The molecule has 1 amide bonds. The summed E-state index contributed by atoms with van der Waals surface area (Å²) in [4.78, 5) is 22.5. The third-order valence-corrected chi connectivity index (χ3v) is 5.38. The second-order valence-corrected chi connectivity index (χ2v) is 14.6. The Labute approximate surface area is 173 Å². The molecular formula is C18H34N4O6Si. The third-order valence-electron chi connectivity index (χ3n) is 3.67. The fraction of sp³-hybridized carbons (Fsp3) is 0.778. The fourth-order valence-electron chi connectivity index (χ4n) is 2.27. The van der Waals surface area contributed by atoms with Crippen LogP contribution in [-0.2, 0) is 16.2 Å². The van der Waals surface area contributed by atoms with Crippen LogP contribution in [0, 0.1) is 17.0 Å². The lowest BCUT2D eigenvalue weighted by molar-refractivity contribution is -0.386. The maximum atomic E-state index is 11.6. The first-order valence-electron chi connectivity index (χ1n) is 9.69.